The standard InChI is InChI=1S/C21H24O6/c1-4-23-16-8-6-15(7-9-16)14(3)17-10-19-20(27-13-26-19)11-18(17)25-12-21(22)24-5-2/h6-11,14H,4-5,12-13H2,1-3H3/t14-/m1/s1. The quantitative estimate of drug-likeness (QED) is 0.655. The summed E-state index contributed by atoms with van der Waals surface area (Å²) >= 11 is 0. The summed E-state index contributed by atoms with van der Waals surface area (Å²) in [7, 11) is 0. The summed E-state index contributed by atoms with van der Waals surface area (Å²) < 4.78 is 27.1. The van der Waals surface area contributed by atoms with Gasteiger partial charge in [0, 0.05) is 17.5 Å². The monoisotopic (exact) mass is 372 g/mol. The molecule has 0 spiro atoms. The van der Waals surface area contributed by atoms with Crippen LogP contribution >= 0.6 is 0 Å². The maximum absolute atomic E-state index is 11.7. The molecule has 144 valence electrons. The zero-order valence-electron chi connectivity index (χ0n) is 15.8. The summed E-state index contributed by atoms with van der Waals surface area (Å²) in [6.45, 7) is 6.75. The number of carbonyl (C=O) groups is 1. The predicted octanol–water partition coefficient (Wildman–Crippen LogP) is 3.91. The van der Waals surface area contributed by atoms with Crippen LogP contribution in [0.15, 0.2) is 36.4 Å². The molecule has 0 N–H and O–H groups in total. The Hall–Kier alpha value is -2.89. The largest absolute Gasteiger partial charge is 0.494 e. The van der Waals surface area contributed by atoms with Crippen molar-refractivity contribution in [2.45, 2.75) is 26.7 Å². The van der Waals surface area contributed by atoms with Gasteiger partial charge in [-0.15, -0.1) is 0 Å². The van der Waals surface area contributed by atoms with Gasteiger partial charge in [0.05, 0.1) is 13.2 Å². The van der Waals surface area contributed by atoms with E-state index in [9.17, 15) is 4.79 Å². The molecule has 27 heavy (non-hydrogen) atoms. The van der Waals surface area contributed by atoms with E-state index >= 15 is 0 Å². The van der Waals surface area contributed by atoms with Crippen LogP contribution in [-0.4, -0.2) is 32.6 Å². The topological polar surface area (TPSA) is 63.2 Å². The molecule has 0 radical (unpaired) electrons. The van der Waals surface area contributed by atoms with Crippen molar-refractivity contribution in [3.63, 3.8) is 0 Å². The van der Waals surface area contributed by atoms with Crippen molar-refractivity contribution in [2.24, 2.45) is 0 Å². The number of carbonyl (C=O) groups excluding carboxylic acids is 1. The van der Waals surface area contributed by atoms with Gasteiger partial charge in [-0.1, -0.05) is 19.1 Å². The minimum Gasteiger partial charge on any atom is -0.494 e. The summed E-state index contributed by atoms with van der Waals surface area (Å²) in [4.78, 5) is 11.7. The predicted molar refractivity (Wildman–Crippen MR) is 99.8 cm³/mol. The molecule has 6 heteroatoms. The fraction of sp³-hybridized carbons (Fsp3) is 0.381. The van der Waals surface area contributed by atoms with Crippen LogP contribution in [0.4, 0.5) is 0 Å². The van der Waals surface area contributed by atoms with Crippen molar-refractivity contribution in [2.75, 3.05) is 26.6 Å². The Bertz CT molecular complexity index is 784. The zero-order chi connectivity index (χ0) is 19.2. The molecule has 1 aliphatic rings. The molecule has 0 bridgehead atoms. The number of hydrogen-bond donors (Lipinski definition) is 0. The molecule has 6 nitrogen and oxygen atoms in total. The Labute approximate surface area is 158 Å². The summed E-state index contributed by atoms with van der Waals surface area (Å²) in [6, 6.07) is 11.6. The van der Waals surface area contributed by atoms with Gasteiger partial charge < -0.3 is 23.7 Å². The van der Waals surface area contributed by atoms with Crippen LogP contribution in [0, 0.1) is 0 Å². The lowest BCUT2D eigenvalue weighted by molar-refractivity contribution is -0.145. The first-order valence-corrected chi connectivity index (χ1v) is 9.07. The highest BCUT2D eigenvalue weighted by Crippen LogP contribution is 2.42. The van der Waals surface area contributed by atoms with Crippen LogP contribution in [0.25, 0.3) is 0 Å². The van der Waals surface area contributed by atoms with Gasteiger partial charge in [0.1, 0.15) is 11.5 Å². The van der Waals surface area contributed by atoms with Crippen LogP contribution in [0.3, 0.4) is 0 Å². The van der Waals surface area contributed by atoms with Gasteiger partial charge >= 0.3 is 5.97 Å². The Morgan fingerprint density at radius 3 is 2.41 bits per heavy atom. The number of rotatable bonds is 8. The van der Waals surface area contributed by atoms with Crippen LogP contribution in [0.2, 0.25) is 0 Å². The lowest BCUT2D eigenvalue weighted by Crippen LogP contribution is -2.15. The highest BCUT2D eigenvalue weighted by Gasteiger charge is 2.22. The molecule has 0 unspecified atom stereocenters. The van der Waals surface area contributed by atoms with E-state index in [-0.39, 0.29) is 19.3 Å². The third-order valence-corrected chi connectivity index (χ3v) is 4.31. The molecule has 0 aliphatic carbocycles. The lowest BCUT2D eigenvalue weighted by atomic mass is 9.92. The molecular formula is C21H24O6. The number of hydrogen-bond acceptors (Lipinski definition) is 6. The minimum absolute atomic E-state index is 0.0207. The van der Waals surface area contributed by atoms with Gasteiger partial charge in [-0.2, -0.15) is 0 Å². The minimum atomic E-state index is -0.408. The molecule has 1 atom stereocenters. The van der Waals surface area contributed by atoms with Crippen LogP contribution < -0.4 is 18.9 Å². The van der Waals surface area contributed by atoms with Crippen molar-refractivity contribution < 1.29 is 28.5 Å². The molecule has 1 aliphatic heterocycles. The van der Waals surface area contributed by atoms with E-state index < -0.39 is 5.97 Å². The van der Waals surface area contributed by atoms with Gasteiger partial charge in [-0.3, -0.25) is 0 Å². The SMILES string of the molecule is CCOC(=O)COc1cc2c(cc1[C@H](C)c1ccc(OCC)cc1)OCO2. The summed E-state index contributed by atoms with van der Waals surface area (Å²) in [5.41, 5.74) is 2.01. The third-order valence-electron chi connectivity index (χ3n) is 4.31. The Morgan fingerprint density at radius 1 is 1.04 bits per heavy atom. The Morgan fingerprint density at radius 2 is 1.74 bits per heavy atom. The molecule has 0 saturated carbocycles. The Balaban J connectivity index is 1.86. The van der Waals surface area contributed by atoms with Crippen molar-refractivity contribution in [1.29, 1.82) is 0 Å². The van der Waals surface area contributed by atoms with Crippen molar-refractivity contribution in [3.8, 4) is 23.0 Å². The van der Waals surface area contributed by atoms with Crippen LogP contribution in [-0.2, 0) is 9.53 Å². The number of fused-ring (bicyclic) bond motifs is 1. The first kappa shape index (κ1) is 18.9. The zero-order valence-corrected chi connectivity index (χ0v) is 15.8. The number of benzene rings is 2. The van der Waals surface area contributed by atoms with Gasteiger partial charge in [-0.05, 0) is 37.6 Å². The molecular weight excluding hydrogens is 348 g/mol. The van der Waals surface area contributed by atoms with E-state index in [4.69, 9.17) is 23.7 Å². The lowest BCUT2D eigenvalue weighted by Gasteiger charge is -2.18. The molecule has 2 aromatic rings. The maximum atomic E-state index is 11.7. The number of ether oxygens (including phenoxy) is 5. The summed E-state index contributed by atoms with van der Waals surface area (Å²) in [6.07, 6.45) is 0. The number of esters is 1. The van der Waals surface area contributed by atoms with E-state index in [1.165, 1.54) is 0 Å². The fourth-order valence-corrected chi connectivity index (χ4v) is 2.94. The van der Waals surface area contributed by atoms with Crippen LogP contribution in [0.1, 0.15) is 37.8 Å². The normalized spacial score (nSPS) is 13.1. The van der Waals surface area contributed by atoms with E-state index in [0.717, 1.165) is 16.9 Å². The Kier molecular flexibility index (Phi) is 6.06. The average molecular weight is 372 g/mol. The second-order valence-electron chi connectivity index (χ2n) is 6.06. The second kappa shape index (κ2) is 8.66. The van der Waals surface area contributed by atoms with Crippen molar-refractivity contribution in [1.82, 2.24) is 0 Å². The van der Waals surface area contributed by atoms with E-state index in [0.29, 0.717) is 30.5 Å². The van der Waals surface area contributed by atoms with Gasteiger partial charge in [0.25, 0.3) is 0 Å². The van der Waals surface area contributed by atoms with E-state index in [2.05, 4.69) is 6.92 Å². The van der Waals surface area contributed by atoms with Gasteiger partial charge in [0.2, 0.25) is 6.79 Å². The first-order valence-electron chi connectivity index (χ1n) is 9.07. The molecule has 0 saturated heterocycles. The third kappa shape index (κ3) is 4.45. The molecule has 0 fully saturated rings. The van der Waals surface area contributed by atoms with Gasteiger partial charge in [-0.25, -0.2) is 4.79 Å². The smallest absolute Gasteiger partial charge is 0.344 e. The summed E-state index contributed by atoms with van der Waals surface area (Å²) in [5.74, 6) is 2.30. The maximum Gasteiger partial charge on any atom is 0.344 e. The first-order chi connectivity index (χ1) is 13.1. The van der Waals surface area contributed by atoms with E-state index in [1.54, 1.807) is 13.0 Å². The molecule has 0 amide bonds. The van der Waals surface area contributed by atoms with Crippen molar-refractivity contribution >= 4 is 5.97 Å². The molecule has 2 aromatic carbocycles. The highest BCUT2D eigenvalue weighted by molar-refractivity contribution is 5.71. The van der Waals surface area contributed by atoms with Crippen molar-refractivity contribution in [3.05, 3.63) is 47.5 Å². The average Bonchev–Trinajstić information content (AvgIpc) is 3.13. The van der Waals surface area contributed by atoms with E-state index in [1.807, 2.05) is 37.3 Å². The molecule has 1 heterocycles. The van der Waals surface area contributed by atoms with Gasteiger partial charge in [0.15, 0.2) is 18.1 Å². The second-order valence-corrected chi connectivity index (χ2v) is 6.06. The molecule has 3 rings (SSSR count). The highest BCUT2D eigenvalue weighted by atomic mass is 16.7. The van der Waals surface area contributed by atoms with Crippen LogP contribution in [0.5, 0.6) is 23.0 Å². The fourth-order valence-electron chi connectivity index (χ4n) is 2.94. The molecule has 0 aromatic heterocycles. The summed E-state index contributed by atoms with van der Waals surface area (Å²) in [5, 5.41) is 0.